The molecule has 1 aliphatic rings. The van der Waals surface area contributed by atoms with Crippen LogP contribution >= 0.6 is 0 Å². The molecule has 0 spiro atoms. The molecule has 1 aliphatic heterocycles. The molecule has 3 nitrogen and oxygen atoms in total. The summed E-state index contributed by atoms with van der Waals surface area (Å²) in [6.45, 7) is 9.45. The second-order valence-corrected chi connectivity index (χ2v) is 4.35. The molecule has 84 valence electrons. The third-order valence-electron chi connectivity index (χ3n) is 2.94. The Labute approximate surface area is 87.6 Å². The second-order valence-electron chi connectivity index (χ2n) is 4.35. The van der Waals surface area contributed by atoms with Crippen LogP contribution in [0.25, 0.3) is 0 Å². The molecule has 3 heteroatoms. The zero-order chi connectivity index (χ0) is 10.6. The zero-order valence-corrected chi connectivity index (χ0v) is 9.70. The number of rotatable bonds is 4. The fraction of sp³-hybridized carbons (Fsp3) is 1.00. The summed E-state index contributed by atoms with van der Waals surface area (Å²) < 4.78 is 5.72. The number of hydrogen-bond acceptors (Lipinski definition) is 3. The van der Waals surface area contributed by atoms with E-state index >= 15 is 0 Å². The zero-order valence-electron chi connectivity index (χ0n) is 9.70. The molecular weight excluding hydrogens is 176 g/mol. The quantitative estimate of drug-likeness (QED) is 0.741. The van der Waals surface area contributed by atoms with Gasteiger partial charge < -0.3 is 10.5 Å². The summed E-state index contributed by atoms with van der Waals surface area (Å²) in [5, 5.41) is 0. The van der Waals surface area contributed by atoms with Crippen LogP contribution in [0.5, 0.6) is 0 Å². The molecule has 0 saturated carbocycles. The van der Waals surface area contributed by atoms with Crippen LogP contribution in [0.3, 0.4) is 0 Å². The van der Waals surface area contributed by atoms with Gasteiger partial charge in [-0.2, -0.15) is 0 Å². The highest BCUT2D eigenvalue weighted by molar-refractivity contribution is 4.79. The van der Waals surface area contributed by atoms with Crippen molar-refractivity contribution in [3.8, 4) is 0 Å². The largest absolute Gasteiger partial charge is 0.373 e. The SMILES string of the molecule is CCC(CCN)N1CC(C)OC(C)C1. The molecule has 14 heavy (non-hydrogen) atoms. The Morgan fingerprint density at radius 3 is 2.36 bits per heavy atom. The molecule has 0 aromatic rings. The van der Waals surface area contributed by atoms with Crippen LogP contribution in [0.2, 0.25) is 0 Å². The summed E-state index contributed by atoms with van der Waals surface area (Å²) in [7, 11) is 0. The van der Waals surface area contributed by atoms with E-state index in [1.54, 1.807) is 0 Å². The summed E-state index contributed by atoms with van der Waals surface area (Å²) in [5.74, 6) is 0. The van der Waals surface area contributed by atoms with Gasteiger partial charge in [-0.05, 0) is 33.2 Å². The average Bonchev–Trinajstić information content (AvgIpc) is 2.12. The maximum atomic E-state index is 5.72. The van der Waals surface area contributed by atoms with Crippen molar-refractivity contribution in [2.24, 2.45) is 5.73 Å². The van der Waals surface area contributed by atoms with Gasteiger partial charge in [0.1, 0.15) is 0 Å². The summed E-state index contributed by atoms with van der Waals surface area (Å²) in [6, 6.07) is 0.647. The molecule has 1 rings (SSSR count). The molecule has 3 atom stereocenters. The molecular formula is C11H24N2O. The molecule has 0 aliphatic carbocycles. The van der Waals surface area contributed by atoms with E-state index in [-0.39, 0.29) is 0 Å². The highest BCUT2D eigenvalue weighted by atomic mass is 16.5. The minimum absolute atomic E-state index is 0.366. The Kier molecular flexibility index (Phi) is 4.85. The summed E-state index contributed by atoms with van der Waals surface area (Å²) in [4.78, 5) is 2.53. The van der Waals surface area contributed by atoms with Gasteiger partial charge in [0.05, 0.1) is 12.2 Å². The molecule has 0 radical (unpaired) electrons. The van der Waals surface area contributed by atoms with Crippen molar-refractivity contribution in [1.82, 2.24) is 4.90 Å². The molecule has 1 heterocycles. The first-order valence-electron chi connectivity index (χ1n) is 5.77. The van der Waals surface area contributed by atoms with E-state index in [1.807, 2.05) is 0 Å². The fourth-order valence-corrected chi connectivity index (χ4v) is 2.35. The highest BCUT2D eigenvalue weighted by Gasteiger charge is 2.26. The van der Waals surface area contributed by atoms with E-state index < -0.39 is 0 Å². The summed E-state index contributed by atoms with van der Waals surface area (Å²) in [6.07, 6.45) is 3.03. The lowest BCUT2D eigenvalue weighted by molar-refractivity contribution is -0.0813. The first kappa shape index (κ1) is 12.0. The van der Waals surface area contributed by atoms with Crippen LogP contribution in [0, 0.1) is 0 Å². The first-order chi connectivity index (χ1) is 6.67. The summed E-state index contributed by atoms with van der Waals surface area (Å²) >= 11 is 0. The third kappa shape index (κ3) is 3.23. The lowest BCUT2D eigenvalue weighted by Crippen LogP contribution is -2.50. The van der Waals surface area contributed by atoms with E-state index in [2.05, 4.69) is 25.7 Å². The van der Waals surface area contributed by atoms with Crippen molar-refractivity contribution in [2.45, 2.75) is 51.9 Å². The minimum Gasteiger partial charge on any atom is -0.373 e. The van der Waals surface area contributed by atoms with E-state index in [4.69, 9.17) is 10.5 Å². The first-order valence-corrected chi connectivity index (χ1v) is 5.77. The fourth-order valence-electron chi connectivity index (χ4n) is 2.35. The second kappa shape index (κ2) is 5.69. The third-order valence-corrected chi connectivity index (χ3v) is 2.94. The molecule has 2 N–H and O–H groups in total. The van der Waals surface area contributed by atoms with Crippen molar-refractivity contribution in [3.63, 3.8) is 0 Å². The number of hydrogen-bond donors (Lipinski definition) is 1. The van der Waals surface area contributed by atoms with Crippen LogP contribution in [0.4, 0.5) is 0 Å². The molecule has 1 fully saturated rings. The maximum absolute atomic E-state index is 5.72. The molecule has 1 saturated heterocycles. The lowest BCUT2D eigenvalue weighted by atomic mass is 10.1. The number of nitrogens with zero attached hydrogens (tertiary/aromatic N) is 1. The van der Waals surface area contributed by atoms with Gasteiger partial charge in [0.15, 0.2) is 0 Å². The Balaban J connectivity index is 2.47. The van der Waals surface area contributed by atoms with Gasteiger partial charge in [0, 0.05) is 19.1 Å². The molecule has 0 amide bonds. The van der Waals surface area contributed by atoms with Gasteiger partial charge in [-0.25, -0.2) is 0 Å². The van der Waals surface area contributed by atoms with Crippen molar-refractivity contribution in [1.29, 1.82) is 0 Å². The predicted molar refractivity (Wildman–Crippen MR) is 59.3 cm³/mol. The van der Waals surface area contributed by atoms with Crippen molar-refractivity contribution >= 4 is 0 Å². The Bertz CT molecular complexity index is 153. The number of nitrogens with two attached hydrogens (primary N) is 1. The van der Waals surface area contributed by atoms with Crippen LogP contribution in [0.15, 0.2) is 0 Å². The topological polar surface area (TPSA) is 38.5 Å². The lowest BCUT2D eigenvalue weighted by Gasteiger charge is -2.40. The number of ether oxygens (including phenoxy) is 1. The van der Waals surface area contributed by atoms with Crippen molar-refractivity contribution in [2.75, 3.05) is 19.6 Å². The Morgan fingerprint density at radius 2 is 1.93 bits per heavy atom. The monoisotopic (exact) mass is 200 g/mol. The van der Waals surface area contributed by atoms with Crippen molar-refractivity contribution in [3.05, 3.63) is 0 Å². The number of morpholine rings is 1. The van der Waals surface area contributed by atoms with E-state index in [1.165, 1.54) is 6.42 Å². The van der Waals surface area contributed by atoms with Gasteiger partial charge in [-0.3, -0.25) is 4.90 Å². The van der Waals surface area contributed by atoms with Gasteiger partial charge in [-0.15, -0.1) is 0 Å². The van der Waals surface area contributed by atoms with Gasteiger partial charge in [-0.1, -0.05) is 6.92 Å². The van der Waals surface area contributed by atoms with Crippen LogP contribution in [-0.2, 0) is 4.74 Å². The van der Waals surface area contributed by atoms with E-state index in [0.29, 0.717) is 18.2 Å². The van der Waals surface area contributed by atoms with Crippen LogP contribution in [-0.4, -0.2) is 42.8 Å². The Hall–Kier alpha value is -0.120. The van der Waals surface area contributed by atoms with E-state index in [9.17, 15) is 0 Å². The normalized spacial score (nSPS) is 31.7. The smallest absolute Gasteiger partial charge is 0.0678 e. The van der Waals surface area contributed by atoms with Gasteiger partial charge in [0.25, 0.3) is 0 Å². The standard InChI is InChI=1S/C11H24N2O/c1-4-11(5-6-12)13-7-9(2)14-10(3)8-13/h9-11H,4-8,12H2,1-3H3. The van der Waals surface area contributed by atoms with Gasteiger partial charge in [0.2, 0.25) is 0 Å². The summed E-state index contributed by atoms with van der Waals surface area (Å²) in [5.41, 5.74) is 5.62. The minimum atomic E-state index is 0.366. The average molecular weight is 200 g/mol. The molecule has 0 aromatic carbocycles. The Morgan fingerprint density at radius 1 is 1.36 bits per heavy atom. The maximum Gasteiger partial charge on any atom is 0.0678 e. The van der Waals surface area contributed by atoms with Crippen LogP contribution in [0.1, 0.15) is 33.6 Å². The predicted octanol–water partition coefficient (Wildman–Crippen LogP) is 1.22. The highest BCUT2D eigenvalue weighted by Crippen LogP contribution is 2.16. The van der Waals surface area contributed by atoms with Gasteiger partial charge >= 0.3 is 0 Å². The molecule has 0 aromatic heterocycles. The molecule has 3 unspecified atom stereocenters. The van der Waals surface area contributed by atoms with Crippen molar-refractivity contribution < 1.29 is 4.74 Å². The van der Waals surface area contributed by atoms with Crippen LogP contribution < -0.4 is 5.73 Å². The molecule has 0 bridgehead atoms. The van der Waals surface area contributed by atoms with E-state index in [0.717, 1.165) is 26.1 Å².